The van der Waals surface area contributed by atoms with E-state index in [4.69, 9.17) is 10.5 Å². The van der Waals surface area contributed by atoms with Crippen molar-refractivity contribution in [2.24, 2.45) is 61.9 Å². The van der Waals surface area contributed by atoms with E-state index in [9.17, 15) is 14.7 Å². The van der Waals surface area contributed by atoms with Crippen molar-refractivity contribution in [1.29, 1.82) is 0 Å². The SMILES string of the molecule is COC(O)[C@@H]1CC[C@@]2(C)C(CC[C@]3(C)[C@@H]2C(=O)C=C2[C@@H]4C[C@@](C)(C(N)=O)CC[C@]4(C)CC[C@]23C)C1(C)C. The van der Waals surface area contributed by atoms with Crippen molar-refractivity contribution in [3.05, 3.63) is 11.6 Å². The molecule has 208 valence electrons. The van der Waals surface area contributed by atoms with Crippen molar-refractivity contribution in [3.8, 4) is 0 Å². The maximum Gasteiger partial charge on any atom is 0.223 e. The largest absolute Gasteiger partial charge is 0.369 e. The first-order valence-electron chi connectivity index (χ1n) is 14.8. The van der Waals surface area contributed by atoms with Crippen molar-refractivity contribution in [2.75, 3.05) is 7.11 Å². The summed E-state index contributed by atoms with van der Waals surface area (Å²) in [6.07, 6.45) is 10.1. The van der Waals surface area contributed by atoms with Gasteiger partial charge in [0.05, 0.1) is 0 Å². The molecule has 5 rings (SSSR count). The number of fused-ring (bicyclic) bond motifs is 7. The summed E-state index contributed by atoms with van der Waals surface area (Å²) in [5, 5.41) is 10.7. The van der Waals surface area contributed by atoms with E-state index < -0.39 is 11.7 Å². The number of ketones is 1. The number of aliphatic hydroxyl groups excluding tert-OH is 1. The Kier molecular flexibility index (Phi) is 6.04. The van der Waals surface area contributed by atoms with Gasteiger partial charge in [-0.15, -0.1) is 0 Å². The standard InChI is InChI=1S/C32H51NO4/c1-27(2)19(25(35)37-8)9-11-30(5)23(27)10-12-32(7)24(30)22(34)17-20-21-18-29(4,26(33)36)14-13-28(21,3)15-16-31(20,32)6/h17,19,21,23-25,35H,9-16,18H2,1-8H3,(H2,33,36)/t19-,21-,23?,24+,25?,28+,29-,30-,31+,32+/m0/s1. The molecule has 10 atom stereocenters. The molecule has 1 amide bonds. The van der Waals surface area contributed by atoms with Crippen LogP contribution in [0, 0.1) is 56.2 Å². The number of nitrogens with two attached hydrogens (primary N) is 1. The number of rotatable bonds is 3. The minimum Gasteiger partial charge on any atom is -0.369 e. The van der Waals surface area contributed by atoms with E-state index in [1.54, 1.807) is 7.11 Å². The van der Waals surface area contributed by atoms with Crippen LogP contribution >= 0.6 is 0 Å². The van der Waals surface area contributed by atoms with Crippen LogP contribution in [-0.2, 0) is 14.3 Å². The number of hydrogen-bond donors (Lipinski definition) is 2. The molecule has 0 aromatic carbocycles. The Morgan fingerprint density at radius 1 is 1.00 bits per heavy atom. The third-order valence-electron chi connectivity index (χ3n) is 13.9. The van der Waals surface area contributed by atoms with Gasteiger partial charge in [-0.25, -0.2) is 0 Å². The summed E-state index contributed by atoms with van der Waals surface area (Å²) in [5.41, 5.74) is 6.46. The summed E-state index contributed by atoms with van der Waals surface area (Å²) in [4.78, 5) is 26.9. The molecule has 5 aliphatic rings. The summed E-state index contributed by atoms with van der Waals surface area (Å²) < 4.78 is 5.41. The Morgan fingerprint density at radius 2 is 1.65 bits per heavy atom. The first-order chi connectivity index (χ1) is 17.0. The topological polar surface area (TPSA) is 89.6 Å². The number of amides is 1. The molecule has 5 heteroatoms. The van der Waals surface area contributed by atoms with Crippen LogP contribution < -0.4 is 5.73 Å². The number of primary amides is 1. The van der Waals surface area contributed by atoms with Gasteiger partial charge in [0.1, 0.15) is 0 Å². The molecule has 4 fully saturated rings. The van der Waals surface area contributed by atoms with Crippen LogP contribution in [0.2, 0.25) is 0 Å². The molecule has 0 aromatic heterocycles. The second-order valence-electron chi connectivity index (χ2n) is 15.7. The minimum atomic E-state index is -0.763. The summed E-state index contributed by atoms with van der Waals surface area (Å²) in [7, 11) is 1.59. The summed E-state index contributed by atoms with van der Waals surface area (Å²) in [6.45, 7) is 16.3. The average molecular weight is 514 g/mol. The number of aliphatic hydroxyl groups is 1. The molecule has 37 heavy (non-hydrogen) atoms. The van der Waals surface area contributed by atoms with Crippen LogP contribution in [0.4, 0.5) is 0 Å². The Labute approximate surface area is 224 Å². The second-order valence-corrected chi connectivity index (χ2v) is 15.7. The molecule has 0 bridgehead atoms. The predicted molar refractivity (Wildman–Crippen MR) is 145 cm³/mol. The van der Waals surface area contributed by atoms with Gasteiger partial charge in [0.2, 0.25) is 5.91 Å². The van der Waals surface area contributed by atoms with Gasteiger partial charge in [0.25, 0.3) is 0 Å². The molecule has 0 heterocycles. The molecule has 0 aromatic rings. The molecular formula is C32H51NO4. The first-order valence-corrected chi connectivity index (χ1v) is 14.8. The zero-order valence-corrected chi connectivity index (χ0v) is 24.6. The maximum absolute atomic E-state index is 14.4. The summed E-state index contributed by atoms with van der Waals surface area (Å²) in [5.74, 6) is 0.741. The van der Waals surface area contributed by atoms with E-state index in [0.29, 0.717) is 11.7 Å². The van der Waals surface area contributed by atoms with Crippen LogP contribution in [0.5, 0.6) is 0 Å². The van der Waals surface area contributed by atoms with Gasteiger partial charge in [-0.05, 0) is 103 Å². The second kappa shape index (κ2) is 8.16. The van der Waals surface area contributed by atoms with Crippen LogP contribution in [0.25, 0.3) is 0 Å². The fraction of sp³-hybridized carbons (Fsp3) is 0.875. The van der Waals surface area contributed by atoms with Gasteiger partial charge in [0, 0.05) is 24.4 Å². The molecule has 0 saturated heterocycles. The highest BCUT2D eigenvalue weighted by Gasteiger charge is 2.70. The maximum atomic E-state index is 14.4. The van der Waals surface area contributed by atoms with E-state index in [1.807, 2.05) is 6.92 Å². The fourth-order valence-electron chi connectivity index (χ4n) is 11.1. The van der Waals surface area contributed by atoms with E-state index in [2.05, 4.69) is 47.6 Å². The number of ether oxygens (including phenoxy) is 1. The van der Waals surface area contributed by atoms with Crippen molar-refractivity contribution < 1.29 is 19.4 Å². The van der Waals surface area contributed by atoms with E-state index in [1.165, 1.54) is 5.57 Å². The van der Waals surface area contributed by atoms with Gasteiger partial charge in [-0.1, -0.05) is 54.0 Å². The number of hydrogen-bond acceptors (Lipinski definition) is 4. The van der Waals surface area contributed by atoms with Gasteiger partial charge < -0.3 is 15.6 Å². The smallest absolute Gasteiger partial charge is 0.223 e. The molecule has 5 nitrogen and oxygen atoms in total. The molecule has 3 N–H and O–H groups in total. The average Bonchev–Trinajstić information content (AvgIpc) is 2.80. The molecule has 0 radical (unpaired) electrons. The van der Waals surface area contributed by atoms with Gasteiger partial charge in [-0.2, -0.15) is 0 Å². The zero-order chi connectivity index (χ0) is 27.4. The molecule has 5 aliphatic carbocycles. The number of methoxy groups -OCH3 is 1. The number of carbonyl (C=O) groups excluding carboxylic acids is 2. The first kappa shape index (κ1) is 27.4. The van der Waals surface area contributed by atoms with E-state index in [-0.39, 0.29) is 50.7 Å². The number of allylic oxidation sites excluding steroid dienone is 2. The highest BCUT2D eigenvalue weighted by Crippen LogP contribution is 2.75. The molecular weight excluding hydrogens is 462 g/mol. The summed E-state index contributed by atoms with van der Waals surface area (Å²) in [6, 6.07) is 0. The molecule has 4 saturated carbocycles. The summed E-state index contributed by atoms with van der Waals surface area (Å²) >= 11 is 0. The lowest BCUT2D eigenvalue weighted by atomic mass is 9.33. The lowest BCUT2D eigenvalue weighted by Crippen LogP contribution is -2.66. The third kappa shape index (κ3) is 3.41. The van der Waals surface area contributed by atoms with Crippen LogP contribution in [0.1, 0.15) is 106 Å². The number of carbonyl (C=O) groups is 2. The minimum absolute atomic E-state index is 0.0251. The van der Waals surface area contributed by atoms with Gasteiger partial charge in [-0.3, -0.25) is 9.59 Å². The Morgan fingerprint density at radius 3 is 2.27 bits per heavy atom. The Bertz CT molecular complexity index is 1030. The quantitative estimate of drug-likeness (QED) is 0.451. The normalized spacial score (nSPS) is 51.6. The lowest BCUT2D eigenvalue weighted by molar-refractivity contribution is -0.225. The fourth-order valence-corrected chi connectivity index (χ4v) is 11.1. The van der Waals surface area contributed by atoms with Crippen LogP contribution in [0.3, 0.4) is 0 Å². The van der Waals surface area contributed by atoms with Gasteiger partial charge >= 0.3 is 0 Å². The highest BCUT2D eigenvalue weighted by atomic mass is 16.6. The van der Waals surface area contributed by atoms with Gasteiger partial charge in [0.15, 0.2) is 12.1 Å². The van der Waals surface area contributed by atoms with Crippen molar-refractivity contribution in [2.45, 2.75) is 113 Å². The lowest BCUT2D eigenvalue weighted by Gasteiger charge is -2.70. The predicted octanol–water partition coefficient (Wildman–Crippen LogP) is 6.03. The van der Waals surface area contributed by atoms with Crippen molar-refractivity contribution >= 4 is 11.7 Å². The van der Waals surface area contributed by atoms with Crippen molar-refractivity contribution in [3.63, 3.8) is 0 Å². The van der Waals surface area contributed by atoms with Crippen molar-refractivity contribution in [1.82, 2.24) is 0 Å². The third-order valence-corrected chi connectivity index (χ3v) is 13.9. The molecule has 2 unspecified atom stereocenters. The van der Waals surface area contributed by atoms with Crippen LogP contribution in [-0.4, -0.2) is 30.2 Å². The Balaban J connectivity index is 1.59. The highest BCUT2D eigenvalue weighted by molar-refractivity contribution is 5.95. The Hall–Kier alpha value is -1.20. The monoisotopic (exact) mass is 513 g/mol. The zero-order valence-electron chi connectivity index (χ0n) is 24.6. The van der Waals surface area contributed by atoms with E-state index in [0.717, 1.165) is 57.8 Å². The molecule has 0 spiro atoms. The molecule has 0 aliphatic heterocycles. The van der Waals surface area contributed by atoms with Crippen LogP contribution in [0.15, 0.2) is 11.6 Å². The van der Waals surface area contributed by atoms with E-state index >= 15 is 0 Å².